The van der Waals surface area contributed by atoms with E-state index in [0.29, 0.717) is 5.92 Å². The Hall–Kier alpha value is -0.790. The zero-order valence-electron chi connectivity index (χ0n) is 7.88. The van der Waals surface area contributed by atoms with Gasteiger partial charge in [0.15, 0.2) is 0 Å². The highest BCUT2D eigenvalue weighted by molar-refractivity contribution is 5.67. The van der Waals surface area contributed by atoms with Crippen molar-refractivity contribution in [2.75, 3.05) is 0 Å². The van der Waals surface area contributed by atoms with E-state index in [1.165, 1.54) is 38.2 Å². The summed E-state index contributed by atoms with van der Waals surface area (Å²) in [5, 5.41) is 0. The minimum absolute atomic E-state index is 0.138. The number of allylic oxidation sites excluding steroid dienone is 2. The van der Waals surface area contributed by atoms with Crippen molar-refractivity contribution in [3.05, 3.63) is 11.3 Å². The number of rotatable bonds is 1. The van der Waals surface area contributed by atoms with Crippen molar-refractivity contribution in [1.29, 1.82) is 0 Å². The van der Waals surface area contributed by atoms with Gasteiger partial charge in [-0.3, -0.25) is 4.79 Å². The Kier molecular flexibility index (Phi) is 1.38. The molecule has 70 valence electrons. The van der Waals surface area contributed by atoms with E-state index in [1.807, 2.05) is 0 Å². The Balaban J connectivity index is 1.89. The summed E-state index contributed by atoms with van der Waals surface area (Å²) in [5.41, 5.74) is 1.47. The van der Waals surface area contributed by atoms with Crippen molar-refractivity contribution in [3.8, 4) is 0 Å². The summed E-state index contributed by atoms with van der Waals surface area (Å²) >= 11 is 0. The van der Waals surface area contributed by atoms with E-state index in [9.17, 15) is 4.79 Å². The molecule has 0 N–H and O–H groups in total. The van der Waals surface area contributed by atoms with Crippen molar-refractivity contribution < 1.29 is 9.53 Å². The molecule has 0 bridgehead atoms. The van der Waals surface area contributed by atoms with E-state index >= 15 is 0 Å². The predicted molar refractivity (Wildman–Crippen MR) is 47.7 cm³/mol. The van der Waals surface area contributed by atoms with Gasteiger partial charge < -0.3 is 4.74 Å². The molecule has 2 nitrogen and oxygen atoms in total. The first-order valence-corrected chi connectivity index (χ1v) is 5.17. The van der Waals surface area contributed by atoms with Gasteiger partial charge in [0, 0.05) is 12.8 Å². The topological polar surface area (TPSA) is 26.3 Å². The van der Waals surface area contributed by atoms with Crippen LogP contribution in [0.1, 0.15) is 32.6 Å². The molecule has 0 aromatic rings. The smallest absolute Gasteiger partial charge is 0.307 e. The molecule has 3 aliphatic rings. The van der Waals surface area contributed by atoms with E-state index in [2.05, 4.69) is 0 Å². The van der Waals surface area contributed by atoms with Crippen LogP contribution < -0.4 is 0 Å². The average Bonchev–Trinajstić information content (AvgIpc) is 2.73. The first-order valence-electron chi connectivity index (χ1n) is 5.17. The molecule has 3 aliphatic carbocycles. The lowest BCUT2D eigenvalue weighted by Crippen LogP contribution is -2.24. The van der Waals surface area contributed by atoms with Crippen LogP contribution >= 0.6 is 0 Å². The highest BCUT2D eigenvalue weighted by Crippen LogP contribution is 2.59. The molecular formula is C11H14O2. The molecule has 2 fully saturated rings. The van der Waals surface area contributed by atoms with Gasteiger partial charge in [-0.1, -0.05) is 0 Å². The molecule has 0 unspecified atom stereocenters. The van der Waals surface area contributed by atoms with Gasteiger partial charge in [-0.25, -0.2) is 0 Å². The van der Waals surface area contributed by atoms with E-state index < -0.39 is 0 Å². The fourth-order valence-corrected chi connectivity index (χ4v) is 2.81. The van der Waals surface area contributed by atoms with Crippen LogP contribution in [0, 0.1) is 17.8 Å². The van der Waals surface area contributed by atoms with E-state index in [4.69, 9.17) is 4.74 Å². The fourth-order valence-electron chi connectivity index (χ4n) is 2.81. The molecule has 0 radical (unpaired) electrons. The number of hydrogen-bond donors (Lipinski definition) is 0. The summed E-state index contributed by atoms with van der Waals surface area (Å²) < 4.78 is 5.32. The lowest BCUT2D eigenvalue weighted by atomic mass is 9.72. The van der Waals surface area contributed by atoms with Gasteiger partial charge in [0.1, 0.15) is 5.76 Å². The van der Waals surface area contributed by atoms with E-state index in [0.717, 1.165) is 17.6 Å². The normalized spacial score (nSPS) is 40.2. The number of carbonyl (C=O) groups excluding carboxylic acids is 1. The van der Waals surface area contributed by atoms with Gasteiger partial charge in [-0.05, 0) is 43.1 Å². The number of fused-ring (bicyclic) bond motifs is 2. The number of esters is 1. The second kappa shape index (κ2) is 2.37. The minimum Gasteiger partial charge on any atom is -0.431 e. The van der Waals surface area contributed by atoms with Crippen LogP contribution in [-0.2, 0) is 9.53 Å². The molecule has 0 spiro atoms. The van der Waals surface area contributed by atoms with Gasteiger partial charge >= 0.3 is 5.97 Å². The van der Waals surface area contributed by atoms with Gasteiger partial charge in [0.25, 0.3) is 0 Å². The maximum Gasteiger partial charge on any atom is 0.307 e. The standard InChI is InChI=1S/C11H14O2/c1-6(12)13-11-9-3-2-7(9)4-8-5-10(8)11/h7-8,10H,2-5H2,1H3/t7-,8-,10+/m1/s1. The Morgan fingerprint density at radius 3 is 2.92 bits per heavy atom. The average molecular weight is 178 g/mol. The van der Waals surface area contributed by atoms with Crippen LogP contribution in [0.15, 0.2) is 11.3 Å². The Labute approximate surface area is 78.0 Å². The monoisotopic (exact) mass is 178 g/mol. The second-order valence-corrected chi connectivity index (χ2v) is 4.56. The third kappa shape index (κ3) is 1.04. The fraction of sp³-hybridized carbons (Fsp3) is 0.727. The Morgan fingerprint density at radius 1 is 1.46 bits per heavy atom. The van der Waals surface area contributed by atoms with Crippen molar-refractivity contribution in [2.24, 2.45) is 17.8 Å². The van der Waals surface area contributed by atoms with Gasteiger partial charge in [0.2, 0.25) is 0 Å². The Morgan fingerprint density at radius 2 is 2.31 bits per heavy atom. The molecule has 2 saturated carbocycles. The largest absolute Gasteiger partial charge is 0.431 e. The predicted octanol–water partition coefficient (Wildman–Crippen LogP) is 2.25. The molecule has 2 heteroatoms. The quantitative estimate of drug-likeness (QED) is 0.576. The molecule has 0 saturated heterocycles. The summed E-state index contributed by atoms with van der Waals surface area (Å²) in [6.45, 7) is 1.51. The lowest BCUT2D eigenvalue weighted by molar-refractivity contribution is -0.137. The number of hydrogen-bond acceptors (Lipinski definition) is 2. The van der Waals surface area contributed by atoms with E-state index in [1.54, 1.807) is 0 Å². The summed E-state index contributed by atoms with van der Waals surface area (Å²) in [6.07, 6.45) is 5.13. The Bertz CT molecular complexity index is 303. The van der Waals surface area contributed by atoms with Crippen LogP contribution in [0.2, 0.25) is 0 Å². The van der Waals surface area contributed by atoms with Crippen LogP contribution in [-0.4, -0.2) is 5.97 Å². The van der Waals surface area contributed by atoms with Crippen molar-refractivity contribution in [1.82, 2.24) is 0 Å². The molecule has 3 atom stereocenters. The maximum atomic E-state index is 10.9. The highest BCUT2D eigenvalue weighted by atomic mass is 16.5. The van der Waals surface area contributed by atoms with Crippen LogP contribution in [0.5, 0.6) is 0 Å². The van der Waals surface area contributed by atoms with Crippen molar-refractivity contribution >= 4 is 5.97 Å². The first kappa shape index (κ1) is 7.60. The molecule has 13 heavy (non-hydrogen) atoms. The lowest BCUT2D eigenvalue weighted by Gasteiger charge is -2.35. The number of ether oxygens (including phenoxy) is 1. The third-order valence-corrected chi connectivity index (χ3v) is 3.67. The summed E-state index contributed by atoms with van der Waals surface area (Å²) in [5.74, 6) is 3.18. The zero-order chi connectivity index (χ0) is 9.00. The molecule has 0 amide bonds. The van der Waals surface area contributed by atoms with Crippen LogP contribution in [0.4, 0.5) is 0 Å². The molecule has 3 rings (SSSR count). The molecule has 0 heterocycles. The highest BCUT2D eigenvalue weighted by Gasteiger charge is 2.51. The molecule has 0 aliphatic heterocycles. The zero-order valence-corrected chi connectivity index (χ0v) is 7.88. The maximum absolute atomic E-state index is 10.9. The second-order valence-electron chi connectivity index (χ2n) is 4.56. The minimum atomic E-state index is -0.138. The number of carbonyl (C=O) groups is 1. The molecular weight excluding hydrogens is 164 g/mol. The van der Waals surface area contributed by atoms with Crippen molar-refractivity contribution in [3.63, 3.8) is 0 Å². The first-order chi connectivity index (χ1) is 6.25. The van der Waals surface area contributed by atoms with E-state index in [-0.39, 0.29) is 5.97 Å². The third-order valence-electron chi connectivity index (χ3n) is 3.67. The molecule has 0 aromatic carbocycles. The SMILES string of the molecule is CC(=O)OC1=C2CC[C@@H]2C[C@@H]2C[C@H]12. The van der Waals surface area contributed by atoms with Crippen LogP contribution in [0.3, 0.4) is 0 Å². The van der Waals surface area contributed by atoms with Gasteiger partial charge in [0.05, 0.1) is 0 Å². The summed E-state index contributed by atoms with van der Waals surface area (Å²) in [4.78, 5) is 10.9. The van der Waals surface area contributed by atoms with Crippen LogP contribution in [0.25, 0.3) is 0 Å². The summed E-state index contributed by atoms with van der Waals surface area (Å²) in [7, 11) is 0. The van der Waals surface area contributed by atoms with Crippen molar-refractivity contribution in [2.45, 2.75) is 32.6 Å². The molecule has 0 aromatic heterocycles. The summed E-state index contributed by atoms with van der Waals surface area (Å²) in [6, 6.07) is 0. The van der Waals surface area contributed by atoms with Gasteiger partial charge in [-0.2, -0.15) is 0 Å². The van der Waals surface area contributed by atoms with Gasteiger partial charge in [-0.15, -0.1) is 0 Å².